The third-order valence-electron chi connectivity index (χ3n) is 8.15. The standard InChI is InChI=1S/C30H34F2N4/c31-25-12-7-22(8-13-25)28(23-9-14-26(32)15-10-23)5-2-4-27-16-11-24-3-1-6-29-30(24)35(27)21-36(29)34-19-17-33-18-20-34/h1,3,6-10,12-15,27-28,33H,2,4-5,11,16-21H2. The Hall–Kier alpha value is -2.96. The molecule has 1 saturated heterocycles. The summed E-state index contributed by atoms with van der Waals surface area (Å²) in [5.74, 6) is -0.318. The van der Waals surface area contributed by atoms with Crippen molar-refractivity contribution in [1.29, 1.82) is 0 Å². The first-order valence-electron chi connectivity index (χ1n) is 13.3. The van der Waals surface area contributed by atoms with Gasteiger partial charge in [0, 0.05) is 38.1 Å². The Labute approximate surface area is 212 Å². The summed E-state index contributed by atoms with van der Waals surface area (Å²) < 4.78 is 27.2. The van der Waals surface area contributed by atoms with E-state index in [0.29, 0.717) is 6.04 Å². The molecule has 3 aromatic rings. The molecular formula is C30H34F2N4. The zero-order chi connectivity index (χ0) is 24.5. The number of anilines is 2. The maximum atomic E-state index is 13.6. The first kappa shape index (κ1) is 23.4. The van der Waals surface area contributed by atoms with E-state index in [1.54, 1.807) is 0 Å². The van der Waals surface area contributed by atoms with Gasteiger partial charge in [-0.1, -0.05) is 42.8 Å². The van der Waals surface area contributed by atoms with Crippen LogP contribution in [0.1, 0.15) is 48.3 Å². The molecule has 3 aliphatic rings. The van der Waals surface area contributed by atoms with Crippen molar-refractivity contribution in [2.75, 3.05) is 42.8 Å². The lowest BCUT2D eigenvalue weighted by molar-refractivity contribution is 0.221. The van der Waals surface area contributed by atoms with E-state index in [2.05, 4.69) is 38.4 Å². The zero-order valence-corrected chi connectivity index (χ0v) is 20.7. The molecule has 3 aromatic carbocycles. The van der Waals surface area contributed by atoms with Crippen molar-refractivity contribution >= 4 is 11.4 Å². The summed E-state index contributed by atoms with van der Waals surface area (Å²) >= 11 is 0. The first-order valence-corrected chi connectivity index (χ1v) is 13.3. The Morgan fingerprint density at radius 2 is 1.53 bits per heavy atom. The molecule has 0 aliphatic carbocycles. The number of piperazine rings is 1. The molecule has 1 atom stereocenters. The molecular weight excluding hydrogens is 454 g/mol. The molecule has 188 valence electrons. The smallest absolute Gasteiger partial charge is 0.123 e. The zero-order valence-electron chi connectivity index (χ0n) is 20.7. The predicted octanol–water partition coefficient (Wildman–Crippen LogP) is 5.69. The van der Waals surface area contributed by atoms with Crippen LogP contribution in [0.2, 0.25) is 0 Å². The summed E-state index contributed by atoms with van der Waals surface area (Å²) in [5, 5.41) is 8.47. The van der Waals surface area contributed by atoms with Crippen molar-refractivity contribution in [2.24, 2.45) is 0 Å². The Kier molecular flexibility index (Phi) is 6.63. The fourth-order valence-electron chi connectivity index (χ4n) is 6.30. The number of hydrazine groups is 1. The van der Waals surface area contributed by atoms with Gasteiger partial charge in [0.2, 0.25) is 0 Å². The van der Waals surface area contributed by atoms with E-state index < -0.39 is 0 Å². The van der Waals surface area contributed by atoms with Crippen molar-refractivity contribution in [3.8, 4) is 0 Å². The van der Waals surface area contributed by atoms with Crippen LogP contribution in [0.15, 0.2) is 66.7 Å². The van der Waals surface area contributed by atoms with Crippen LogP contribution in [0.25, 0.3) is 0 Å². The molecule has 0 saturated carbocycles. The third kappa shape index (κ3) is 4.60. The Morgan fingerprint density at radius 1 is 0.861 bits per heavy atom. The molecule has 0 bridgehead atoms. The van der Waals surface area contributed by atoms with Crippen LogP contribution in [0, 0.1) is 11.6 Å². The van der Waals surface area contributed by atoms with Crippen LogP contribution in [0.3, 0.4) is 0 Å². The SMILES string of the molecule is Fc1ccc(C(CCCC2CCc3cccc4c3N2CN4N2CCNCC2)c2ccc(F)cc2)cc1. The van der Waals surface area contributed by atoms with Gasteiger partial charge in [0.05, 0.1) is 11.4 Å². The Balaban J connectivity index is 1.18. The number of aryl methyl sites for hydroxylation is 1. The second-order valence-corrected chi connectivity index (χ2v) is 10.3. The molecule has 1 N–H and O–H groups in total. The minimum absolute atomic E-state index is 0.133. The fraction of sp³-hybridized carbons (Fsp3) is 0.400. The van der Waals surface area contributed by atoms with Gasteiger partial charge >= 0.3 is 0 Å². The summed E-state index contributed by atoms with van der Waals surface area (Å²) in [7, 11) is 0. The average Bonchev–Trinajstić information content (AvgIpc) is 3.31. The molecule has 3 heterocycles. The van der Waals surface area contributed by atoms with Gasteiger partial charge in [-0.2, -0.15) is 0 Å². The lowest BCUT2D eigenvalue weighted by Crippen LogP contribution is -2.54. The van der Waals surface area contributed by atoms with Gasteiger partial charge < -0.3 is 10.2 Å². The van der Waals surface area contributed by atoms with Crippen LogP contribution >= 0.6 is 0 Å². The molecule has 0 spiro atoms. The minimum Gasteiger partial charge on any atom is -0.348 e. The number of halogens is 2. The van der Waals surface area contributed by atoms with Crippen molar-refractivity contribution in [1.82, 2.24) is 10.3 Å². The highest BCUT2D eigenvalue weighted by Gasteiger charge is 2.38. The number of nitrogens with one attached hydrogen (secondary N) is 1. The molecule has 6 heteroatoms. The number of benzene rings is 3. The highest BCUT2D eigenvalue weighted by molar-refractivity contribution is 5.80. The summed E-state index contributed by atoms with van der Waals surface area (Å²) in [6, 6.07) is 20.9. The van der Waals surface area contributed by atoms with Crippen LogP contribution in [-0.4, -0.2) is 43.9 Å². The molecule has 0 aromatic heterocycles. The predicted molar refractivity (Wildman–Crippen MR) is 141 cm³/mol. The Morgan fingerprint density at radius 3 is 2.19 bits per heavy atom. The van der Waals surface area contributed by atoms with Crippen LogP contribution in [0.5, 0.6) is 0 Å². The van der Waals surface area contributed by atoms with E-state index >= 15 is 0 Å². The number of rotatable bonds is 7. The first-order chi connectivity index (χ1) is 17.7. The molecule has 3 aliphatic heterocycles. The van der Waals surface area contributed by atoms with E-state index in [9.17, 15) is 8.78 Å². The number of hydrogen-bond acceptors (Lipinski definition) is 4. The second-order valence-electron chi connectivity index (χ2n) is 10.3. The van der Waals surface area contributed by atoms with Crippen LogP contribution < -0.4 is 15.2 Å². The van der Waals surface area contributed by atoms with Gasteiger partial charge in [0.1, 0.15) is 18.3 Å². The van der Waals surface area contributed by atoms with Crippen molar-refractivity contribution in [3.05, 3.63) is 95.1 Å². The molecule has 1 unspecified atom stereocenters. The van der Waals surface area contributed by atoms with E-state index in [0.717, 1.165) is 69.7 Å². The highest BCUT2D eigenvalue weighted by atomic mass is 19.1. The molecule has 0 radical (unpaired) electrons. The molecule has 36 heavy (non-hydrogen) atoms. The van der Waals surface area contributed by atoms with E-state index in [1.165, 1.54) is 47.6 Å². The molecule has 4 nitrogen and oxygen atoms in total. The second kappa shape index (κ2) is 10.2. The van der Waals surface area contributed by atoms with Gasteiger partial charge in [-0.05, 0) is 72.7 Å². The van der Waals surface area contributed by atoms with Gasteiger partial charge in [-0.15, -0.1) is 0 Å². The number of nitrogens with zero attached hydrogens (tertiary/aromatic N) is 3. The summed E-state index contributed by atoms with van der Waals surface area (Å²) in [6.45, 7) is 5.07. The van der Waals surface area contributed by atoms with Crippen LogP contribution in [0.4, 0.5) is 20.2 Å². The summed E-state index contributed by atoms with van der Waals surface area (Å²) in [5.41, 5.74) is 6.43. The van der Waals surface area contributed by atoms with Gasteiger partial charge in [-0.25, -0.2) is 13.8 Å². The average molecular weight is 489 g/mol. The van der Waals surface area contributed by atoms with Crippen molar-refractivity contribution in [3.63, 3.8) is 0 Å². The molecule has 6 rings (SSSR count). The van der Waals surface area contributed by atoms with Gasteiger partial charge in [-0.3, -0.25) is 5.01 Å². The monoisotopic (exact) mass is 488 g/mol. The lowest BCUT2D eigenvalue weighted by Gasteiger charge is -2.38. The van der Waals surface area contributed by atoms with Crippen molar-refractivity contribution < 1.29 is 8.78 Å². The number of hydrogen-bond donors (Lipinski definition) is 1. The van der Waals surface area contributed by atoms with E-state index in [1.807, 2.05) is 24.3 Å². The van der Waals surface area contributed by atoms with Gasteiger partial charge in [0.25, 0.3) is 0 Å². The normalized spacial score (nSPS) is 19.7. The maximum Gasteiger partial charge on any atom is 0.123 e. The van der Waals surface area contributed by atoms with Gasteiger partial charge in [0.15, 0.2) is 0 Å². The minimum atomic E-state index is -0.226. The fourth-order valence-corrected chi connectivity index (χ4v) is 6.30. The molecule has 1 fully saturated rings. The van der Waals surface area contributed by atoms with E-state index in [-0.39, 0.29) is 17.6 Å². The third-order valence-corrected chi connectivity index (χ3v) is 8.15. The largest absolute Gasteiger partial charge is 0.348 e. The van der Waals surface area contributed by atoms with E-state index in [4.69, 9.17) is 0 Å². The topological polar surface area (TPSA) is 21.8 Å². The number of para-hydroxylation sites is 1. The quantitative estimate of drug-likeness (QED) is 0.462. The van der Waals surface area contributed by atoms with Crippen molar-refractivity contribution in [2.45, 2.75) is 44.1 Å². The lowest BCUT2D eigenvalue weighted by atomic mass is 9.85. The summed E-state index contributed by atoms with van der Waals surface area (Å²) in [6.07, 6.45) is 5.42. The Bertz CT molecular complexity index is 1130. The summed E-state index contributed by atoms with van der Waals surface area (Å²) in [4.78, 5) is 2.64. The van der Waals surface area contributed by atoms with Crippen LogP contribution in [-0.2, 0) is 6.42 Å². The highest BCUT2D eigenvalue weighted by Crippen LogP contribution is 2.45. The maximum absolute atomic E-state index is 13.6. The molecule has 0 amide bonds.